The Kier molecular flexibility index (Phi) is 17.9. The topological polar surface area (TPSA) is 147 Å². The van der Waals surface area contributed by atoms with Crippen LogP contribution in [0, 0.1) is 0 Å². The lowest BCUT2D eigenvalue weighted by Crippen LogP contribution is -2.45. The molecule has 0 aliphatic carbocycles. The smallest absolute Gasteiger partial charge is 0.334 e. The number of nitrogens with one attached hydrogen (secondary N) is 6. The monoisotopic (exact) mass is 720 g/mol. The molecule has 4 aromatic carbocycles. The minimum Gasteiger partial charge on any atom is -0.338 e. The van der Waals surface area contributed by atoms with E-state index in [4.69, 9.17) is 0 Å². The van der Waals surface area contributed by atoms with E-state index >= 15 is 0 Å². The first-order valence-corrected chi connectivity index (χ1v) is 18.4. The number of benzene rings is 4. The van der Waals surface area contributed by atoms with Crippen molar-refractivity contribution in [3.63, 3.8) is 0 Å². The van der Waals surface area contributed by atoms with Crippen molar-refractivity contribution in [3.8, 4) is 0 Å². The number of nitrogens with zero attached hydrogens (tertiary/aromatic N) is 2. The first kappa shape index (κ1) is 40.1. The van der Waals surface area contributed by atoms with Crippen LogP contribution < -0.4 is 41.7 Å². The molecule has 0 heterocycles. The molecular weight excluding hydrogens is 669 g/mol. The summed E-state index contributed by atoms with van der Waals surface area (Å²) in [4.78, 5) is 53.7. The van der Waals surface area contributed by atoms with Crippen molar-refractivity contribution in [2.24, 2.45) is 0 Å². The summed E-state index contributed by atoms with van der Waals surface area (Å²) in [5, 5.41) is 17.2. The molecule has 6 N–H and O–H groups in total. The van der Waals surface area contributed by atoms with Gasteiger partial charge in [-0.05, 0) is 100 Å². The van der Waals surface area contributed by atoms with Crippen LogP contribution in [-0.4, -0.2) is 63.4 Å². The Hall–Kier alpha value is -5.72. The highest BCUT2D eigenvalue weighted by Crippen LogP contribution is 2.26. The second-order valence-corrected chi connectivity index (χ2v) is 12.4. The van der Waals surface area contributed by atoms with Crippen LogP contribution in [0.4, 0.5) is 41.9 Å². The molecule has 0 saturated heterocycles. The molecule has 0 radical (unpaired) electrons. The van der Waals surface area contributed by atoms with E-state index in [2.05, 4.69) is 31.9 Å². The lowest BCUT2D eigenvalue weighted by Gasteiger charge is -2.23. The lowest BCUT2D eigenvalue weighted by molar-refractivity contribution is 0.229. The first-order valence-electron chi connectivity index (χ1n) is 18.4. The van der Waals surface area contributed by atoms with Crippen molar-refractivity contribution in [2.75, 3.05) is 49.1 Å². The van der Waals surface area contributed by atoms with E-state index in [1.807, 2.05) is 121 Å². The number of rotatable bonds is 20. The van der Waals surface area contributed by atoms with Crippen molar-refractivity contribution >= 4 is 46.9 Å². The average molecular weight is 721 g/mol. The standard InChI is InChI=1S/C41H52N8O4/c50-38(46-40(52)48(34-20-8-4-9-21-34)35-22-10-5-11-23-35)44-32-18-30-42-28-16-2-1-3-17-29-43-31-19-33-45-39(51)47-41(53)49(36-24-12-6-13-25-36)37-26-14-7-15-27-37/h4-15,20-27,42-43H,1-3,16-19,28-33H2,(H2,44,46,50,52)(H2,45,47,51,53). The number of urea groups is 4. The molecule has 4 aromatic rings. The zero-order valence-electron chi connectivity index (χ0n) is 30.3. The zero-order chi connectivity index (χ0) is 37.4. The van der Waals surface area contributed by atoms with Gasteiger partial charge >= 0.3 is 24.1 Å². The SMILES string of the molecule is O=C(NCCCNCCCCCCCNCCCNC(=O)NC(=O)N(c1ccccc1)c1ccccc1)NC(=O)N(c1ccccc1)c1ccccc1. The average Bonchev–Trinajstić information content (AvgIpc) is 3.18. The van der Waals surface area contributed by atoms with Gasteiger partial charge in [0.15, 0.2) is 0 Å². The highest BCUT2D eigenvalue weighted by Gasteiger charge is 2.21. The molecule has 280 valence electrons. The third-order valence-corrected chi connectivity index (χ3v) is 8.24. The van der Waals surface area contributed by atoms with Gasteiger partial charge in [0, 0.05) is 13.1 Å². The summed E-state index contributed by atoms with van der Waals surface area (Å²) < 4.78 is 0. The van der Waals surface area contributed by atoms with Crippen LogP contribution in [0.25, 0.3) is 0 Å². The number of carbonyl (C=O) groups excluding carboxylic acids is 4. The van der Waals surface area contributed by atoms with E-state index < -0.39 is 24.1 Å². The summed E-state index contributed by atoms with van der Waals surface area (Å²) in [6.07, 6.45) is 7.17. The fourth-order valence-electron chi connectivity index (χ4n) is 5.58. The van der Waals surface area contributed by atoms with Gasteiger partial charge in [-0.15, -0.1) is 0 Å². The predicted octanol–water partition coefficient (Wildman–Crippen LogP) is 7.41. The molecular formula is C41H52N8O4. The number of imide groups is 2. The van der Waals surface area contributed by atoms with E-state index in [0.717, 1.165) is 64.7 Å². The Morgan fingerprint density at radius 3 is 0.962 bits per heavy atom. The van der Waals surface area contributed by atoms with Gasteiger partial charge in [-0.2, -0.15) is 0 Å². The van der Waals surface area contributed by atoms with Gasteiger partial charge in [-0.25, -0.2) is 19.2 Å². The molecule has 0 aromatic heterocycles. The Morgan fingerprint density at radius 1 is 0.358 bits per heavy atom. The van der Waals surface area contributed by atoms with Crippen molar-refractivity contribution in [2.45, 2.75) is 44.9 Å². The number of hydrogen-bond acceptors (Lipinski definition) is 6. The Labute approximate surface area is 312 Å². The van der Waals surface area contributed by atoms with Crippen molar-refractivity contribution in [3.05, 3.63) is 121 Å². The normalized spacial score (nSPS) is 10.6. The largest absolute Gasteiger partial charge is 0.338 e. The summed E-state index contributed by atoms with van der Waals surface area (Å²) in [6, 6.07) is 34.8. The molecule has 12 heteroatoms. The van der Waals surface area contributed by atoms with Gasteiger partial charge < -0.3 is 21.3 Å². The van der Waals surface area contributed by atoms with E-state index in [1.54, 1.807) is 0 Å². The highest BCUT2D eigenvalue weighted by molar-refractivity contribution is 6.07. The predicted molar refractivity (Wildman–Crippen MR) is 212 cm³/mol. The van der Waals surface area contributed by atoms with Crippen LogP contribution in [-0.2, 0) is 0 Å². The number of hydrogen-bond donors (Lipinski definition) is 6. The first-order chi connectivity index (χ1) is 26.0. The maximum atomic E-state index is 13.0. The number of anilines is 4. The lowest BCUT2D eigenvalue weighted by atomic mass is 10.1. The summed E-state index contributed by atoms with van der Waals surface area (Å²) in [5.41, 5.74) is 2.67. The van der Waals surface area contributed by atoms with Crippen LogP contribution >= 0.6 is 0 Å². The maximum absolute atomic E-state index is 13.0. The Bertz CT molecular complexity index is 1440. The quantitative estimate of drug-likeness (QED) is 0.0525. The van der Waals surface area contributed by atoms with Gasteiger partial charge in [0.2, 0.25) is 0 Å². The zero-order valence-corrected chi connectivity index (χ0v) is 30.3. The summed E-state index contributed by atoms with van der Waals surface area (Å²) >= 11 is 0. The van der Waals surface area contributed by atoms with Gasteiger partial charge in [-0.3, -0.25) is 20.4 Å². The third-order valence-electron chi connectivity index (χ3n) is 8.24. The van der Waals surface area contributed by atoms with Crippen molar-refractivity contribution in [1.82, 2.24) is 31.9 Å². The van der Waals surface area contributed by atoms with Crippen molar-refractivity contribution < 1.29 is 19.2 Å². The number of carbonyl (C=O) groups is 4. The molecule has 0 atom stereocenters. The minimum absolute atomic E-state index is 0.459. The third kappa shape index (κ3) is 14.8. The van der Waals surface area contributed by atoms with Crippen LogP contribution in [0.2, 0.25) is 0 Å². The summed E-state index contributed by atoms with van der Waals surface area (Å²) in [6.45, 7) is 4.33. The van der Waals surface area contributed by atoms with Gasteiger partial charge in [0.25, 0.3) is 0 Å². The van der Waals surface area contributed by atoms with E-state index in [-0.39, 0.29) is 0 Å². The molecule has 12 nitrogen and oxygen atoms in total. The molecule has 0 spiro atoms. The fraction of sp³-hybridized carbons (Fsp3) is 0.317. The van der Waals surface area contributed by atoms with E-state index in [1.165, 1.54) is 16.2 Å². The number of para-hydroxylation sites is 4. The van der Waals surface area contributed by atoms with Crippen LogP contribution in [0.1, 0.15) is 44.9 Å². The van der Waals surface area contributed by atoms with E-state index in [9.17, 15) is 19.2 Å². The highest BCUT2D eigenvalue weighted by atomic mass is 16.2. The van der Waals surface area contributed by atoms with E-state index in [0.29, 0.717) is 35.8 Å². The molecule has 0 aliphatic heterocycles. The molecule has 0 bridgehead atoms. The van der Waals surface area contributed by atoms with Crippen molar-refractivity contribution in [1.29, 1.82) is 0 Å². The maximum Gasteiger partial charge on any atom is 0.334 e. The molecule has 0 saturated carbocycles. The molecule has 53 heavy (non-hydrogen) atoms. The Morgan fingerprint density at radius 2 is 0.642 bits per heavy atom. The van der Waals surface area contributed by atoms with Gasteiger partial charge in [0.05, 0.1) is 22.7 Å². The Balaban J connectivity index is 0.944. The van der Waals surface area contributed by atoms with Crippen LogP contribution in [0.3, 0.4) is 0 Å². The van der Waals surface area contributed by atoms with Gasteiger partial charge in [-0.1, -0.05) is 92.1 Å². The molecule has 8 amide bonds. The number of unbranched alkanes of at least 4 members (excludes halogenated alkanes) is 4. The molecule has 0 unspecified atom stereocenters. The summed E-state index contributed by atoms with van der Waals surface area (Å²) in [5.74, 6) is 0. The second-order valence-electron chi connectivity index (χ2n) is 12.4. The van der Waals surface area contributed by atoms with Crippen LogP contribution in [0.15, 0.2) is 121 Å². The molecule has 4 rings (SSSR count). The second kappa shape index (κ2) is 23.7. The molecule has 0 aliphatic rings. The molecule has 0 fully saturated rings. The fourth-order valence-corrected chi connectivity index (χ4v) is 5.58. The minimum atomic E-state index is -0.524. The summed E-state index contributed by atoms with van der Waals surface area (Å²) in [7, 11) is 0. The number of amides is 8. The van der Waals surface area contributed by atoms with Gasteiger partial charge in [0.1, 0.15) is 0 Å². The van der Waals surface area contributed by atoms with Crippen LogP contribution in [0.5, 0.6) is 0 Å².